The predicted octanol–water partition coefficient (Wildman–Crippen LogP) is 2.29. The van der Waals surface area contributed by atoms with Gasteiger partial charge in [0.1, 0.15) is 5.82 Å². The maximum atomic E-state index is 13.3. The molecule has 0 unspecified atom stereocenters. The number of methoxy groups -OCH3 is 3. The quantitative estimate of drug-likeness (QED) is 0.684. The minimum atomic E-state index is -0.704. The highest BCUT2D eigenvalue weighted by Gasteiger charge is 2.42. The summed E-state index contributed by atoms with van der Waals surface area (Å²) < 4.78 is 16.4. The van der Waals surface area contributed by atoms with Gasteiger partial charge in [0.15, 0.2) is 17.3 Å². The van der Waals surface area contributed by atoms with Gasteiger partial charge in [-0.2, -0.15) is 0 Å². The van der Waals surface area contributed by atoms with Crippen molar-refractivity contribution >= 4 is 11.6 Å². The number of nitrogens with one attached hydrogen (secondary N) is 3. The largest absolute Gasteiger partial charge is 0.493 e. The molecule has 0 fully saturated rings. The number of aromatic nitrogens is 2. The first kappa shape index (κ1) is 20.8. The molecule has 9 nitrogen and oxygen atoms in total. The molecule has 0 saturated heterocycles. The minimum absolute atomic E-state index is 0.0475. The zero-order chi connectivity index (χ0) is 22.5. The molecule has 1 aromatic heterocycles. The Kier molecular flexibility index (Phi) is 4.91. The molecule has 2 aliphatic rings. The highest BCUT2D eigenvalue weighted by molar-refractivity contribution is 6.01. The Morgan fingerprint density at radius 1 is 0.935 bits per heavy atom. The third-order valence-electron chi connectivity index (χ3n) is 5.77. The van der Waals surface area contributed by atoms with Gasteiger partial charge in [0.2, 0.25) is 5.75 Å². The first-order valence-corrected chi connectivity index (χ1v) is 9.88. The van der Waals surface area contributed by atoms with Crippen LogP contribution in [-0.4, -0.2) is 37.1 Å². The Morgan fingerprint density at radius 3 is 2.16 bits per heavy atom. The van der Waals surface area contributed by atoms with Crippen molar-refractivity contribution in [2.24, 2.45) is 5.41 Å². The van der Waals surface area contributed by atoms with E-state index in [1.54, 1.807) is 12.1 Å². The molecule has 164 valence electrons. The van der Waals surface area contributed by atoms with Crippen molar-refractivity contribution in [1.29, 1.82) is 0 Å². The summed E-state index contributed by atoms with van der Waals surface area (Å²) in [7, 11) is 4.50. The normalized spacial score (nSPS) is 19.3. The van der Waals surface area contributed by atoms with Crippen LogP contribution in [0.1, 0.15) is 43.7 Å². The fourth-order valence-electron chi connectivity index (χ4n) is 4.55. The number of anilines is 1. The van der Waals surface area contributed by atoms with Gasteiger partial charge in [-0.05, 0) is 29.5 Å². The van der Waals surface area contributed by atoms with Crippen LogP contribution in [0.5, 0.6) is 17.2 Å². The van der Waals surface area contributed by atoms with E-state index in [4.69, 9.17) is 14.2 Å². The number of hydrogen-bond acceptors (Lipinski definition) is 7. The lowest BCUT2D eigenvalue weighted by Gasteiger charge is -2.38. The number of hydrogen-bond donors (Lipinski definition) is 3. The van der Waals surface area contributed by atoms with Crippen LogP contribution < -0.4 is 30.8 Å². The van der Waals surface area contributed by atoms with E-state index in [0.29, 0.717) is 46.9 Å². The van der Waals surface area contributed by atoms with Gasteiger partial charge in [-0.15, -0.1) is 0 Å². The van der Waals surface area contributed by atoms with Crippen LogP contribution in [0.3, 0.4) is 0 Å². The lowest BCUT2D eigenvalue weighted by atomic mass is 9.69. The molecular weight excluding hydrogens is 402 g/mol. The molecule has 0 spiro atoms. The number of ketones is 1. The zero-order valence-corrected chi connectivity index (χ0v) is 18.1. The molecule has 4 rings (SSSR count). The van der Waals surface area contributed by atoms with E-state index < -0.39 is 17.2 Å². The maximum Gasteiger partial charge on any atom is 0.327 e. The Morgan fingerprint density at radius 2 is 1.58 bits per heavy atom. The lowest BCUT2D eigenvalue weighted by molar-refractivity contribution is -0.118. The van der Waals surface area contributed by atoms with Crippen molar-refractivity contribution in [1.82, 2.24) is 9.97 Å². The van der Waals surface area contributed by atoms with Crippen molar-refractivity contribution in [3.05, 3.63) is 55.4 Å². The summed E-state index contributed by atoms with van der Waals surface area (Å²) in [5.74, 6) is 0.755. The van der Waals surface area contributed by atoms with Crippen LogP contribution in [-0.2, 0) is 4.79 Å². The van der Waals surface area contributed by atoms with Gasteiger partial charge >= 0.3 is 5.69 Å². The van der Waals surface area contributed by atoms with E-state index in [-0.39, 0.29) is 22.6 Å². The van der Waals surface area contributed by atoms with Crippen LogP contribution in [0.15, 0.2) is 33.0 Å². The highest BCUT2D eigenvalue weighted by Crippen LogP contribution is 2.49. The molecule has 1 aromatic carbocycles. The third kappa shape index (κ3) is 3.39. The smallest absolute Gasteiger partial charge is 0.327 e. The summed E-state index contributed by atoms with van der Waals surface area (Å²) in [6, 6.07) is 3.45. The van der Waals surface area contributed by atoms with Gasteiger partial charge in [-0.25, -0.2) is 4.79 Å². The average Bonchev–Trinajstić information content (AvgIpc) is 2.69. The van der Waals surface area contributed by atoms with Gasteiger partial charge < -0.3 is 19.5 Å². The van der Waals surface area contributed by atoms with E-state index in [1.807, 2.05) is 13.8 Å². The lowest BCUT2D eigenvalue weighted by Crippen LogP contribution is -2.39. The molecule has 2 heterocycles. The van der Waals surface area contributed by atoms with Gasteiger partial charge in [-0.3, -0.25) is 19.6 Å². The number of rotatable bonds is 4. The van der Waals surface area contributed by atoms with Crippen molar-refractivity contribution in [2.75, 3.05) is 26.6 Å². The summed E-state index contributed by atoms with van der Waals surface area (Å²) in [4.78, 5) is 43.0. The highest BCUT2D eigenvalue weighted by atomic mass is 16.5. The van der Waals surface area contributed by atoms with E-state index in [0.717, 1.165) is 0 Å². The Bertz CT molecular complexity index is 1200. The molecule has 3 N–H and O–H groups in total. The standard InChI is InChI=1S/C22H25N3O6/c1-22(2)8-11-16(12(26)9-22)15(17-19(23-11)24-21(28)25-20(17)27)10-6-13(29-3)18(31-5)14(7-10)30-4/h6-7,15H,8-9H2,1-5H3,(H3,23,24,25,27,28)/t15-/m0/s1. The molecule has 1 atom stereocenters. The summed E-state index contributed by atoms with van der Waals surface area (Å²) in [5, 5.41) is 3.14. The average molecular weight is 427 g/mol. The minimum Gasteiger partial charge on any atom is -0.493 e. The summed E-state index contributed by atoms with van der Waals surface area (Å²) in [6.45, 7) is 4.03. The molecule has 9 heteroatoms. The fraction of sp³-hybridized carbons (Fsp3) is 0.409. The molecule has 0 radical (unpaired) electrons. The van der Waals surface area contributed by atoms with Crippen molar-refractivity contribution < 1.29 is 19.0 Å². The Labute approximate surface area is 178 Å². The Balaban J connectivity index is 2.04. The van der Waals surface area contributed by atoms with Gasteiger partial charge in [0.05, 0.1) is 26.9 Å². The number of carbonyl (C=O) groups is 1. The fourth-order valence-corrected chi connectivity index (χ4v) is 4.55. The molecule has 1 aliphatic carbocycles. The summed E-state index contributed by atoms with van der Waals surface area (Å²) >= 11 is 0. The van der Waals surface area contributed by atoms with Crippen LogP contribution in [0.2, 0.25) is 0 Å². The van der Waals surface area contributed by atoms with E-state index in [1.165, 1.54) is 21.3 Å². The second-order valence-corrected chi connectivity index (χ2v) is 8.55. The molecular formula is C22H25N3O6. The number of allylic oxidation sites excluding steroid dienone is 2. The number of benzene rings is 1. The van der Waals surface area contributed by atoms with E-state index in [9.17, 15) is 14.4 Å². The second-order valence-electron chi connectivity index (χ2n) is 8.55. The zero-order valence-electron chi connectivity index (χ0n) is 18.1. The first-order valence-electron chi connectivity index (χ1n) is 9.88. The maximum absolute atomic E-state index is 13.3. The monoisotopic (exact) mass is 427 g/mol. The molecule has 0 bridgehead atoms. The van der Waals surface area contributed by atoms with Gasteiger partial charge in [0, 0.05) is 23.6 Å². The number of ether oxygens (including phenoxy) is 3. The first-order chi connectivity index (χ1) is 14.7. The molecule has 0 amide bonds. The van der Waals surface area contributed by atoms with Gasteiger partial charge in [-0.1, -0.05) is 13.8 Å². The van der Waals surface area contributed by atoms with Crippen LogP contribution in [0.4, 0.5) is 5.82 Å². The molecule has 1 aliphatic heterocycles. The van der Waals surface area contributed by atoms with Crippen molar-refractivity contribution in [3.8, 4) is 17.2 Å². The topological polar surface area (TPSA) is 123 Å². The summed E-state index contributed by atoms with van der Waals surface area (Å²) in [6.07, 6.45) is 0.953. The summed E-state index contributed by atoms with van der Waals surface area (Å²) in [5.41, 5.74) is 0.671. The van der Waals surface area contributed by atoms with E-state index in [2.05, 4.69) is 15.3 Å². The van der Waals surface area contributed by atoms with Gasteiger partial charge in [0.25, 0.3) is 5.56 Å². The van der Waals surface area contributed by atoms with Crippen LogP contribution in [0, 0.1) is 5.41 Å². The number of carbonyl (C=O) groups excluding carboxylic acids is 1. The van der Waals surface area contributed by atoms with Crippen LogP contribution >= 0.6 is 0 Å². The predicted molar refractivity (Wildman–Crippen MR) is 114 cm³/mol. The van der Waals surface area contributed by atoms with Crippen LogP contribution in [0.25, 0.3) is 0 Å². The molecule has 31 heavy (non-hydrogen) atoms. The van der Waals surface area contributed by atoms with Crippen molar-refractivity contribution in [2.45, 2.75) is 32.6 Å². The number of aromatic amines is 2. The number of fused-ring (bicyclic) bond motifs is 1. The second kappa shape index (κ2) is 7.33. The third-order valence-corrected chi connectivity index (χ3v) is 5.77. The molecule has 0 saturated carbocycles. The van der Waals surface area contributed by atoms with E-state index >= 15 is 0 Å². The SMILES string of the molecule is COc1cc([C@H]2C3=C(CC(C)(C)CC3=O)Nc3[nH]c(=O)[nH]c(=O)c32)cc(OC)c1OC. The molecule has 2 aromatic rings. The Hall–Kier alpha value is -3.49. The van der Waals surface area contributed by atoms with Crippen molar-refractivity contribution in [3.63, 3.8) is 0 Å². The number of H-pyrrole nitrogens is 2. The number of Topliss-reactive ketones (excluding diaryl/α,β-unsaturated/α-hetero) is 1.